The van der Waals surface area contributed by atoms with Gasteiger partial charge in [-0.15, -0.1) is 0 Å². The van der Waals surface area contributed by atoms with Crippen LogP contribution >= 0.6 is 0 Å². The molecule has 1 aromatic heterocycles. The quantitative estimate of drug-likeness (QED) is 0.293. The van der Waals surface area contributed by atoms with Crippen molar-refractivity contribution in [1.29, 1.82) is 0 Å². The molecule has 2 amide bonds. The van der Waals surface area contributed by atoms with Crippen LogP contribution in [0.2, 0.25) is 0 Å². The summed E-state index contributed by atoms with van der Waals surface area (Å²) in [6, 6.07) is 25.2. The van der Waals surface area contributed by atoms with Gasteiger partial charge in [0.2, 0.25) is 5.91 Å². The summed E-state index contributed by atoms with van der Waals surface area (Å²) in [7, 11) is 0. The molecule has 2 heterocycles. The van der Waals surface area contributed by atoms with Crippen molar-refractivity contribution in [3.05, 3.63) is 125 Å². The lowest BCUT2D eigenvalue weighted by atomic mass is 9.85. The predicted molar refractivity (Wildman–Crippen MR) is 150 cm³/mol. The van der Waals surface area contributed by atoms with Gasteiger partial charge in [-0.25, -0.2) is 4.39 Å². The number of halogens is 1. The number of carbonyl (C=O) groups is 2. The van der Waals surface area contributed by atoms with Gasteiger partial charge in [-0.3, -0.25) is 9.59 Å². The van der Waals surface area contributed by atoms with Gasteiger partial charge in [-0.2, -0.15) is 0 Å². The van der Waals surface area contributed by atoms with Crippen LogP contribution in [0.3, 0.4) is 0 Å². The van der Waals surface area contributed by atoms with E-state index in [0.29, 0.717) is 23.6 Å². The molecule has 206 valence electrons. The van der Waals surface area contributed by atoms with E-state index in [1.807, 2.05) is 56.0 Å². The Labute approximate surface area is 233 Å². The second-order valence-corrected chi connectivity index (χ2v) is 11.0. The van der Waals surface area contributed by atoms with Crippen molar-refractivity contribution >= 4 is 11.8 Å². The molecule has 1 atom stereocenters. The Balaban J connectivity index is 1.30. The maximum absolute atomic E-state index is 13.4. The lowest BCUT2D eigenvalue weighted by Gasteiger charge is -2.41. The largest absolute Gasteiger partial charge is 0.486 e. The summed E-state index contributed by atoms with van der Waals surface area (Å²) >= 11 is 0. The van der Waals surface area contributed by atoms with E-state index in [1.165, 1.54) is 17.7 Å². The molecule has 1 N–H and O–H groups in total. The van der Waals surface area contributed by atoms with Crippen molar-refractivity contribution in [1.82, 2.24) is 10.2 Å². The van der Waals surface area contributed by atoms with E-state index in [-0.39, 0.29) is 36.7 Å². The Hall–Kier alpha value is -4.39. The van der Waals surface area contributed by atoms with Crippen LogP contribution in [-0.2, 0) is 24.4 Å². The SMILES string of the molecule is CC(C)(C)C(=O)N1CCc2ccc(OCc3ccc(C(=O)NCc4cccc(F)c4)o3)cc2[C@@H]1c1ccccc1. The Bertz CT molecular complexity index is 1510. The van der Waals surface area contributed by atoms with Crippen molar-refractivity contribution < 1.29 is 23.1 Å². The summed E-state index contributed by atoms with van der Waals surface area (Å²) in [4.78, 5) is 27.9. The molecule has 0 spiro atoms. The van der Waals surface area contributed by atoms with Crippen LogP contribution in [0.1, 0.15) is 65.4 Å². The van der Waals surface area contributed by atoms with Gasteiger partial charge in [0.05, 0.1) is 6.04 Å². The highest BCUT2D eigenvalue weighted by Gasteiger charge is 2.37. The minimum atomic E-state index is -0.501. The minimum absolute atomic E-state index is 0.108. The number of ether oxygens (including phenoxy) is 1. The number of hydrogen-bond acceptors (Lipinski definition) is 4. The first kappa shape index (κ1) is 27.2. The number of nitrogens with one attached hydrogen (secondary N) is 1. The smallest absolute Gasteiger partial charge is 0.287 e. The first-order valence-electron chi connectivity index (χ1n) is 13.4. The van der Waals surface area contributed by atoms with Crippen molar-refractivity contribution in [2.75, 3.05) is 6.54 Å². The third-order valence-corrected chi connectivity index (χ3v) is 6.97. The van der Waals surface area contributed by atoms with Gasteiger partial charge in [0.15, 0.2) is 5.76 Å². The van der Waals surface area contributed by atoms with E-state index in [4.69, 9.17) is 9.15 Å². The highest BCUT2D eigenvalue weighted by Crippen LogP contribution is 2.39. The van der Waals surface area contributed by atoms with Gasteiger partial charge in [0, 0.05) is 18.5 Å². The van der Waals surface area contributed by atoms with E-state index >= 15 is 0 Å². The zero-order valence-corrected chi connectivity index (χ0v) is 22.9. The maximum atomic E-state index is 13.4. The molecule has 5 rings (SSSR count). The second-order valence-electron chi connectivity index (χ2n) is 11.0. The van der Waals surface area contributed by atoms with Crippen LogP contribution < -0.4 is 10.1 Å². The molecular formula is C33H33FN2O4. The van der Waals surface area contributed by atoms with Crippen LogP contribution in [-0.4, -0.2) is 23.3 Å². The summed E-state index contributed by atoms with van der Waals surface area (Å²) in [5, 5.41) is 2.74. The highest BCUT2D eigenvalue weighted by atomic mass is 19.1. The molecule has 1 aliphatic heterocycles. The Kier molecular flexibility index (Phi) is 7.74. The fourth-order valence-corrected chi connectivity index (χ4v) is 4.98. The van der Waals surface area contributed by atoms with Gasteiger partial charge < -0.3 is 19.4 Å². The Morgan fingerprint density at radius 3 is 2.55 bits per heavy atom. The van der Waals surface area contributed by atoms with E-state index in [9.17, 15) is 14.0 Å². The molecule has 6 nitrogen and oxygen atoms in total. The summed E-state index contributed by atoms with van der Waals surface area (Å²) in [5.74, 6) is 0.669. The molecule has 0 saturated heterocycles. The number of fused-ring (bicyclic) bond motifs is 1. The molecule has 0 fully saturated rings. The summed E-state index contributed by atoms with van der Waals surface area (Å²) in [5.41, 5.74) is 3.45. The van der Waals surface area contributed by atoms with Crippen molar-refractivity contribution in [2.24, 2.45) is 5.41 Å². The number of furan rings is 1. The van der Waals surface area contributed by atoms with E-state index < -0.39 is 11.3 Å². The number of carbonyl (C=O) groups excluding carboxylic acids is 2. The first-order chi connectivity index (χ1) is 19.2. The fraction of sp³-hybridized carbons (Fsp3) is 0.273. The van der Waals surface area contributed by atoms with Gasteiger partial charge in [0.25, 0.3) is 5.91 Å². The summed E-state index contributed by atoms with van der Waals surface area (Å²) in [6.45, 7) is 6.83. The molecule has 1 aliphatic rings. The molecule has 0 aliphatic carbocycles. The molecule has 4 aromatic rings. The van der Waals surface area contributed by atoms with Crippen LogP contribution in [0.25, 0.3) is 0 Å². The average molecular weight is 541 g/mol. The molecule has 0 saturated carbocycles. The summed E-state index contributed by atoms with van der Waals surface area (Å²) in [6.07, 6.45) is 0.771. The van der Waals surface area contributed by atoms with E-state index in [2.05, 4.69) is 23.5 Å². The lowest BCUT2D eigenvalue weighted by molar-refractivity contribution is -0.141. The zero-order valence-electron chi connectivity index (χ0n) is 22.9. The normalized spacial score (nSPS) is 14.9. The fourth-order valence-electron chi connectivity index (χ4n) is 4.98. The monoisotopic (exact) mass is 540 g/mol. The maximum Gasteiger partial charge on any atom is 0.287 e. The van der Waals surface area contributed by atoms with Crippen molar-refractivity contribution in [3.63, 3.8) is 0 Å². The molecule has 7 heteroatoms. The summed E-state index contributed by atoms with van der Waals surface area (Å²) < 4.78 is 25.2. The van der Waals surface area contributed by atoms with Crippen molar-refractivity contribution in [2.45, 2.75) is 46.4 Å². The van der Waals surface area contributed by atoms with Crippen molar-refractivity contribution in [3.8, 4) is 5.75 Å². The topological polar surface area (TPSA) is 71.8 Å². The molecular weight excluding hydrogens is 507 g/mol. The van der Waals surface area contributed by atoms with Crippen LogP contribution in [0.15, 0.2) is 89.3 Å². The molecule has 0 bridgehead atoms. The number of hydrogen-bond donors (Lipinski definition) is 1. The molecule has 0 unspecified atom stereocenters. The highest BCUT2D eigenvalue weighted by molar-refractivity contribution is 5.91. The van der Waals surface area contributed by atoms with Gasteiger partial charge >= 0.3 is 0 Å². The number of nitrogens with zero attached hydrogens (tertiary/aromatic N) is 1. The number of rotatable bonds is 7. The second kappa shape index (κ2) is 11.4. The van der Waals surface area contributed by atoms with Gasteiger partial charge in [-0.1, -0.05) is 69.3 Å². The Morgan fingerprint density at radius 1 is 1.00 bits per heavy atom. The molecule has 3 aromatic carbocycles. The predicted octanol–water partition coefficient (Wildman–Crippen LogP) is 6.45. The number of benzene rings is 3. The third-order valence-electron chi connectivity index (χ3n) is 6.97. The standard InChI is InChI=1S/C33H33FN2O4/c1-33(2,3)32(38)36-17-16-23-12-13-26(19-28(23)30(36)24-9-5-4-6-10-24)39-21-27-14-15-29(40-27)31(37)35-20-22-8-7-11-25(34)18-22/h4-15,18-19,30H,16-17,20-21H2,1-3H3,(H,35,37)/t30-/m0/s1. The Morgan fingerprint density at radius 2 is 1.80 bits per heavy atom. The zero-order chi connectivity index (χ0) is 28.3. The van der Waals surface area contributed by atoms with Gasteiger partial charge in [0.1, 0.15) is 23.9 Å². The minimum Gasteiger partial charge on any atom is -0.486 e. The lowest BCUT2D eigenvalue weighted by Crippen LogP contribution is -2.45. The first-order valence-corrected chi connectivity index (χ1v) is 13.4. The molecule has 0 radical (unpaired) electrons. The number of amides is 2. The molecule has 40 heavy (non-hydrogen) atoms. The van der Waals surface area contributed by atoms with E-state index in [1.54, 1.807) is 24.3 Å². The van der Waals surface area contributed by atoms with Gasteiger partial charge in [-0.05, 0) is 65.1 Å². The van der Waals surface area contributed by atoms with Crippen LogP contribution in [0.5, 0.6) is 5.75 Å². The van der Waals surface area contributed by atoms with Crippen LogP contribution in [0, 0.1) is 11.2 Å². The van der Waals surface area contributed by atoms with Crippen LogP contribution in [0.4, 0.5) is 4.39 Å². The van der Waals surface area contributed by atoms with E-state index in [0.717, 1.165) is 17.5 Å². The third kappa shape index (κ3) is 6.09. The average Bonchev–Trinajstić information content (AvgIpc) is 3.43.